The number of benzene rings is 1. The van der Waals surface area contributed by atoms with Crippen LogP contribution in [0.4, 0.5) is 0 Å². The summed E-state index contributed by atoms with van der Waals surface area (Å²) in [6.45, 7) is 7.23. The molecule has 1 aromatic heterocycles. The number of sulfonamides is 1. The molecule has 2 atom stereocenters. The molecule has 1 aliphatic rings. The third kappa shape index (κ3) is 4.90. The Morgan fingerprint density at radius 3 is 2.93 bits per heavy atom. The standard InChI is InChI=1S/C19H28N6O2S/c1-3-22-19(23-12-16-5-4-6-17(11-16)28(20,26)27)24-9-7-15(2)18(13-24)25-10-8-21-14-25/h4-6,8,10-11,14-15,18H,3,7,9,12-13H2,1-2H3,(H,22,23)(H2,20,26,27). The highest BCUT2D eigenvalue weighted by Crippen LogP contribution is 2.27. The molecule has 1 fully saturated rings. The number of hydrogen-bond acceptors (Lipinski definition) is 4. The molecule has 0 radical (unpaired) electrons. The molecule has 0 spiro atoms. The molecule has 1 aliphatic heterocycles. The Hall–Kier alpha value is -2.39. The van der Waals surface area contributed by atoms with Crippen molar-refractivity contribution in [3.05, 3.63) is 48.5 Å². The fourth-order valence-corrected chi connectivity index (χ4v) is 4.09. The number of aromatic nitrogens is 2. The van der Waals surface area contributed by atoms with Crippen LogP contribution < -0.4 is 10.5 Å². The second-order valence-electron chi connectivity index (χ2n) is 7.15. The summed E-state index contributed by atoms with van der Waals surface area (Å²) >= 11 is 0. The fourth-order valence-electron chi connectivity index (χ4n) is 3.51. The van der Waals surface area contributed by atoms with Gasteiger partial charge in [-0.3, -0.25) is 0 Å². The van der Waals surface area contributed by atoms with Gasteiger partial charge < -0.3 is 14.8 Å². The lowest BCUT2D eigenvalue weighted by Gasteiger charge is -2.39. The molecule has 8 nitrogen and oxygen atoms in total. The second-order valence-corrected chi connectivity index (χ2v) is 8.71. The maximum absolute atomic E-state index is 11.6. The van der Waals surface area contributed by atoms with Crippen molar-refractivity contribution < 1.29 is 8.42 Å². The second kappa shape index (κ2) is 8.74. The highest BCUT2D eigenvalue weighted by molar-refractivity contribution is 7.89. The van der Waals surface area contributed by atoms with E-state index >= 15 is 0 Å². The van der Waals surface area contributed by atoms with Gasteiger partial charge in [0.05, 0.1) is 23.8 Å². The van der Waals surface area contributed by atoms with Crippen molar-refractivity contribution in [2.75, 3.05) is 19.6 Å². The highest BCUT2D eigenvalue weighted by Gasteiger charge is 2.28. The normalized spacial score (nSPS) is 21.0. The molecule has 9 heteroatoms. The van der Waals surface area contributed by atoms with Gasteiger partial charge in [0, 0.05) is 32.0 Å². The maximum Gasteiger partial charge on any atom is 0.238 e. The van der Waals surface area contributed by atoms with Gasteiger partial charge in [-0.05, 0) is 37.0 Å². The van der Waals surface area contributed by atoms with E-state index in [0.29, 0.717) is 18.5 Å². The van der Waals surface area contributed by atoms with Crippen molar-refractivity contribution >= 4 is 16.0 Å². The van der Waals surface area contributed by atoms with E-state index in [0.717, 1.165) is 37.6 Å². The highest BCUT2D eigenvalue weighted by atomic mass is 32.2. The van der Waals surface area contributed by atoms with E-state index in [9.17, 15) is 8.42 Å². The molecule has 3 N–H and O–H groups in total. The summed E-state index contributed by atoms with van der Waals surface area (Å²) < 4.78 is 25.3. The number of guanidine groups is 1. The minimum atomic E-state index is -3.72. The monoisotopic (exact) mass is 404 g/mol. The maximum atomic E-state index is 11.6. The van der Waals surface area contributed by atoms with Gasteiger partial charge in [-0.15, -0.1) is 0 Å². The first-order valence-corrected chi connectivity index (χ1v) is 11.1. The van der Waals surface area contributed by atoms with Crippen LogP contribution in [0.2, 0.25) is 0 Å². The van der Waals surface area contributed by atoms with Crippen molar-refractivity contribution in [1.29, 1.82) is 0 Å². The first kappa shape index (κ1) is 20.3. The first-order valence-electron chi connectivity index (χ1n) is 9.51. The number of primary sulfonamides is 1. The smallest absolute Gasteiger partial charge is 0.238 e. The Kier molecular flexibility index (Phi) is 6.35. The number of hydrogen-bond donors (Lipinski definition) is 2. The van der Waals surface area contributed by atoms with Crippen LogP contribution in [0, 0.1) is 5.92 Å². The average Bonchev–Trinajstić information content (AvgIpc) is 3.20. The molecule has 0 bridgehead atoms. The molecular weight excluding hydrogens is 376 g/mol. The van der Waals surface area contributed by atoms with Gasteiger partial charge >= 0.3 is 0 Å². The number of piperidine rings is 1. The molecule has 28 heavy (non-hydrogen) atoms. The van der Waals surface area contributed by atoms with Gasteiger partial charge in [0.1, 0.15) is 0 Å². The molecule has 2 aromatic rings. The molecule has 2 heterocycles. The molecule has 152 valence electrons. The molecule has 0 amide bonds. The minimum Gasteiger partial charge on any atom is -0.357 e. The van der Waals surface area contributed by atoms with E-state index < -0.39 is 10.0 Å². The minimum absolute atomic E-state index is 0.108. The van der Waals surface area contributed by atoms with Crippen LogP contribution in [0.5, 0.6) is 0 Å². The lowest BCUT2D eigenvalue weighted by molar-refractivity contribution is 0.189. The molecule has 1 aromatic carbocycles. The third-order valence-corrected chi connectivity index (χ3v) is 6.01. The number of nitrogens with two attached hydrogens (primary N) is 1. The van der Waals surface area contributed by atoms with E-state index in [-0.39, 0.29) is 4.90 Å². The summed E-state index contributed by atoms with van der Waals surface area (Å²) in [5.74, 6) is 1.39. The molecule has 0 aliphatic carbocycles. The van der Waals surface area contributed by atoms with Crippen LogP contribution in [-0.2, 0) is 16.6 Å². The molecule has 3 rings (SSSR count). The SMILES string of the molecule is CCNC(=NCc1cccc(S(N)(=O)=O)c1)N1CCC(C)C(n2ccnc2)C1. The van der Waals surface area contributed by atoms with Crippen molar-refractivity contribution in [3.8, 4) is 0 Å². The lowest BCUT2D eigenvalue weighted by Crippen LogP contribution is -2.49. The molecule has 1 saturated heterocycles. The average molecular weight is 405 g/mol. The van der Waals surface area contributed by atoms with Crippen molar-refractivity contribution in [1.82, 2.24) is 19.8 Å². The number of aliphatic imine (C=N–C) groups is 1. The summed E-state index contributed by atoms with van der Waals surface area (Å²) in [4.78, 5) is 11.3. The number of rotatable bonds is 5. The van der Waals surface area contributed by atoms with Crippen LogP contribution in [0.3, 0.4) is 0 Å². The first-order chi connectivity index (χ1) is 13.4. The van der Waals surface area contributed by atoms with Gasteiger partial charge in [-0.25, -0.2) is 23.5 Å². The van der Waals surface area contributed by atoms with Gasteiger partial charge in [-0.2, -0.15) is 0 Å². The van der Waals surface area contributed by atoms with Crippen LogP contribution in [0.25, 0.3) is 0 Å². The fraction of sp³-hybridized carbons (Fsp3) is 0.474. The van der Waals surface area contributed by atoms with E-state index in [2.05, 4.69) is 26.7 Å². The Labute approximate surface area is 166 Å². The Bertz CT molecular complexity index is 910. The van der Waals surface area contributed by atoms with E-state index in [1.54, 1.807) is 12.1 Å². The van der Waals surface area contributed by atoms with E-state index in [1.807, 2.05) is 31.7 Å². The van der Waals surface area contributed by atoms with Crippen molar-refractivity contribution in [2.24, 2.45) is 16.0 Å². The zero-order chi connectivity index (χ0) is 20.1. The Morgan fingerprint density at radius 1 is 1.43 bits per heavy atom. The summed E-state index contributed by atoms with van der Waals surface area (Å²) in [6, 6.07) is 6.96. The topological polar surface area (TPSA) is 106 Å². The van der Waals surface area contributed by atoms with Crippen LogP contribution >= 0.6 is 0 Å². The summed E-state index contributed by atoms with van der Waals surface area (Å²) in [6.07, 6.45) is 6.75. The number of likely N-dealkylation sites (tertiary alicyclic amines) is 1. The van der Waals surface area contributed by atoms with Gasteiger partial charge in [0.2, 0.25) is 10.0 Å². The van der Waals surface area contributed by atoms with E-state index in [4.69, 9.17) is 10.1 Å². The molecule has 2 unspecified atom stereocenters. The van der Waals surface area contributed by atoms with Crippen molar-refractivity contribution in [2.45, 2.75) is 37.8 Å². The van der Waals surface area contributed by atoms with Crippen LogP contribution in [0.15, 0.2) is 52.9 Å². The predicted octanol–water partition coefficient (Wildman–Crippen LogP) is 1.58. The molecular formula is C19H28N6O2S. The Morgan fingerprint density at radius 2 is 2.25 bits per heavy atom. The summed E-state index contributed by atoms with van der Waals surface area (Å²) in [5, 5.41) is 8.59. The third-order valence-electron chi connectivity index (χ3n) is 5.10. The van der Waals surface area contributed by atoms with Gasteiger partial charge in [0.25, 0.3) is 0 Å². The summed E-state index contributed by atoms with van der Waals surface area (Å²) in [7, 11) is -3.72. The number of imidazole rings is 1. The lowest BCUT2D eigenvalue weighted by atomic mass is 9.93. The number of nitrogens with zero attached hydrogens (tertiary/aromatic N) is 4. The summed E-state index contributed by atoms with van der Waals surface area (Å²) in [5.41, 5.74) is 0.804. The van der Waals surface area contributed by atoms with Gasteiger partial charge in [-0.1, -0.05) is 19.1 Å². The van der Waals surface area contributed by atoms with Gasteiger partial charge in [0.15, 0.2) is 5.96 Å². The Balaban J connectivity index is 1.77. The zero-order valence-electron chi connectivity index (χ0n) is 16.3. The van der Waals surface area contributed by atoms with Crippen molar-refractivity contribution in [3.63, 3.8) is 0 Å². The molecule has 0 saturated carbocycles. The largest absolute Gasteiger partial charge is 0.357 e. The zero-order valence-corrected chi connectivity index (χ0v) is 17.1. The van der Waals surface area contributed by atoms with E-state index in [1.165, 1.54) is 6.07 Å². The quantitative estimate of drug-likeness (QED) is 0.581. The van der Waals surface area contributed by atoms with Crippen LogP contribution in [-0.4, -0.2) is 48.5 Å². The van der Waals surface area contributed by atoms with Crippen LogP contribution in [0.1, 0.15) is 31.9 Å². The number of nitrogens with one attached hydrogen (secondary N) is 1. The predicted molar refractivity (Wildman–Crippen MR) is 109 cm³/mol.